The highest BCUT2D eigenvalue weighted by atomic mass is 16.5. The standard InChI is InChI=1S/C20H25N3O4/c1-3-26-17-9-8-15(12-18(17)27-4-2)20(25)21-10-11-23-19(24)13-14-6-5-7-16(14)22-23/h8-9,12-13H,3-7,10-11H2,1-2H3,(H,21,25). The third kappa shape index (κ3) is 4.48. The highest BCUT2D eigenvalue weighted by molar-refractivity contribution is 5.94. The van der Waals surface area contributed by atoms with Crippen LogP contribution in [0.4, 0.5) is 0 Å². The zero-order valence-corrected chi connectivity index (χ0v) is 15.8. The van der Waals surface area contributed by atoms with Crippen LogP contribution in [0.3, 0.4) is 0 Å². The van der Waals surface area contributed by atoms with Crippen LogP contribution in [0.1, 0.15) is 41.9 Å². The van der Waals surface area contributed by atoms with Crippen molar-refractivity contribution in [3.8, 4) is 11.5 Å². The first-order chi connectivity index (χ1) is 13.1. The molecule has 1 aliphatic rings. The third-order valence-corrected chi connectivity index (χ3v) is 4.44. The Bertz CT molecular complexity index is 876. The number of aryl methyl sites for hydroxylation is 2. The second-order valence-electron chi connectivity index (χ2n) is 6.31. The quantitative estimate of drug-likeness (QED) is 0.767. The minimum atomic E-state index is -0.229. The molecule has 0 atom stereocenters. The number of fused-ring (bicyclic) bond motifs is 1. The van der Waals surface area contributed by atoms with E-state index in [0.717, 1.165) is 30.5 Å². The van der Waals surface area contributed by atoms with Gasteiger partial charge in [-0.3, -0.25) is 9.59 Å². The molecule has 0 unspecified atom stereocenters. The highest BCUT2D eigenvalue weighted by Gasteiger charge is 2.15. The Morgan fingerprint density at radius 1 is 1.15 bits per heavy atom. The van der Waals surface area contributed by atoms with Crippen molar-refractivity contribution in [1.29, 1.82) is 0 Å². The topological polar surface area (TPSA) is 82.5 Å². The van der Waals surface area contributed by atoms with E-state index < -0.39 is 0 Å². The fourth-order valence-corrected chi connectivity index (χ4v) is 3.17. The maximum absolute atomic E-state index is 12.4. The summed E-state index contributed by atoms with van der Waals surface area (Å²) in [4.78, 5) is 24.5. The van der Waals surface area contributed by atoms with Gasteiger partial charge in [-0.2, -0.15) is 5.10 Å². The summed E-state index contributed by atoms with van der Waals surface area (Å²) in [6, 6.07) is 6.76. The summed E-state index contributed by atoms with van der Waals surface area (Å²) < 4.78 is 12.5. The van der Waals surface area contributed by atoms with Gasteiger partial charge in [0.05, 0.1) is 25.5 Å². The third-order valence-electron chi connectivity index (χ3n) is 4.44. The lowest BCUT2D eigenvalue weighted by molar-refractivity contribution is 0.0951. The Labute approximate surface area is 158 Å². The molecule has 1 aromatic heterocycles. The van der Waals surface area contributed by atoms with E-state index in [1.807, 2.05) is 13.8 Å². The Balaban J connectivity index is 1.62. The number of nitrogens with one attached hydrogen (secondary N) is 1. The van der Waals surface area contributed by atoms with Gasteiger partial charge in [0.15, 0.2) is 11.5 Å². The van der Waals surface area contributed by atoms with Crippen LogP contribution in [0.2, 0.25) is 0 Å². The van der Waals surface area contributed by atoms with Crippen molar-refractivity contribution >= 4 is 5.91 Å². The van der Waals surface area contributed by atoms with Gasteiger partial charge < -0.3 is 14.8 Å². The van der Waals surface area contributed by atoms with Gasteiger partial charge in [-0.25, -0.2) is 4.68 Å². The summed E-state index contributed by atoms with van der Waals surface area (Å²) in [6.07, 6.45) is 2.88. The van der Waals surface area contributed by atoms with Gasteiger partial charge in [0.2, 0.25) is 0 Å². The van der Waals surface area contributed by atoms with Crippen LogP contribution in [0.5, 0.6) is 11.5 Å². The number of hydrogen-bond acceptors (Lipinski definition) is 5. The van der Waals surface area contributed by atoms with Gasteiger partial charge in [0.1, 0.15) is 0 Å². The number of rotatable bonds is 8. The minimum absolute atomic E-state index is 0.121. The van der Waals surface area contributed by atoms with Crippen molar-refractivity contribution in [3.63, 3.8) is 0 Å². The second-order valence-corrected chi connectivity index (χ2v) is 6.31. The molecule has 0 fully saturated rings. The van der Waals surface area contributed by atoms with E-state index in [0.29, 0.717) is 43.4 Å². The largest absolute Gasteiger partial charge is 0.490 e. The summed E-state index contributed by atoms with van der Waals surface area (Å²) in [5.74, 6) is 0.932. The molecule has 0 aliphatic heterocycles. The summed E-state index contributed by atoms with van der Waals surface area (Å²) in [5, 5.41) is 7.24. The van der Waals surface area contributed by atoms with Crippen LogP contribution in [0, 0.1) is 0 Å². The molecule has 7 nitrogen and oxygen atoms in total. The summed E-state index contributed by atoms with van der Waals surface area (Å²) in [6.45, 7) is 5.44. The molecule has 2 aromatic rings. The normalized spacial score (nSPS) is 12.5. The van der Waals surface area contributed by atoms with Crippen molar-refractivity contribution < 1.29 is 14.3 Å². The van der Waals surface area contributed by atoms with E-state index in [1.165, 1.54) is 4.68 Å². The maximum atomic E-state index is 12.4. The van der Waals surface area contributed by atoms with Gasteiger partial charge in [-0.15, -0.1) is 0 Å². The van der Waals surface area contributed by atoms with E-state index in [2.05, 4.69) is 10.4 Å². The van der Waals surface area contributed by atoms with Crippen LogP contribution >= 0.6 is 0 Å². The number of nitrogens with zero attached hydrogens (tertiary/aromatic N) is 2. The first-order valence-electron chi connectivity index (χ1n) is 9.40. The van der Waals surface area contributed by atoms with Crippen molar-refractivity contribution in [2.45, 2.75) is 39.7 Å². The first kappa shape index (κ1) is 18.9. The monoisotopic (exact) mass is 371 g/mol. The predicted molar refractivity (Wildman–Crippen MR) is 102 cm³/mol. The average molecular weight is 371 g/mol. The molecule has 0 bridgehead atoms. The SMILES string of the molecule is CCOc1ccc(C(=O)NCCn2nc3c(cc2=O)CCC3)cc1OCC. The highest BCUT2D eigenvalue weighted by Crippen LogP contribution is 2.28. The lowest BCUT2D eigenvalue weighted by Crippen LogP contribution is -2.32. The predicted octanol–water partition coefficient (Wildman–Crippen LogP) is 1.96. The number of carbonyl (C=O) groups is 1. The molecular formula is C20H25N3O4. The lowest BCUT2D eigenvalue weighted by atomic mass is 10.2. The molecular weight excluding hydrogens is 346 g/mol. The molecule has 0 radical (unpaired) electrons. The van der Waals surface area contributed by atoms with Crippen LogP contribution in [0.15, 0.2) is 29.1 Å². The van der Waals surface area contributed by atoms with Crippen molar-refractivity contribution in [2.75, 3.05) is 19.8 Å². The summed E-state index contributed by atoms with van der Waals surface area (Å²) in [5.41, 5.74) is 2.41. The van der Waals surface area contributed by atoms with Crippen LogP contribution in [-0.4, -0.2) is 35.4 Å². The number of benzene rings is 1. The summed E-state index contributed by atoms with van der Waals surface area (Å²) >= 11 is 0. The Morgan fingerprint density at radius 3 is 2.70 bits per heavy atom. The Kier molecular flexibility index (Phi) is 6.11. The molecule has 3 rings (SSSR count). The van der Waals surface area contributed by atoms with Crippen LogP contribution < -0.4 is 20.3 Å². The first-order valence-corrected chi connectivity index (χ1v) is 9.40. The number of carbonyl (C=O) groups excluding carboxylic acids is 1. The molecule has 27 heavy (non-hydrogen) atoms. The van der Waals surface area contributed by atoms with E-state index in [4.69, 9.17) is 9.47 Å². The van der Waals surface area contributed by atoms with Crippen molar-refractivity contribution in [2.24, 2.45) is 0 Å². The minimum Gasteiger partial charge on any atom is -0.490 e. The molecule has 0 spiro atoms. The molecule has 1 aromatic carbocycles. The number of aromatic nitrogens is 2. The molecule has 1 amide bonds. The van der Waals surface area contributed by atoms with E-state index in [-0.39, 0.29) is 11.5 Å². The van der Waals surface area contributed by atoms with E-state index in [9.17, 15) is 9.59 Å². The van der Waals surface area contributed by atoms with Gasteiger partial charge in [-0.05, 0) is 56.9 Å². The second kappa shape index (κ2) is 8.70. The van der Waals surface area contributed by atoms with Gasteiger partial charge in [0, 0.05) is 18.2 Å². The maximum Gasteiger partial charge on any atom is 0.267 e. The summed E-state index contributed by atoms with van der Waals surface area (Å²) in [7, 11) is 0. The van der Waals surface area contributed by atoms with Crippen LogP contribution in [-0.2, 0) is 19.4 Å². The number of amides is 1. The smallest absolute Gasteiger partial charge is 0.267 e. The molecule has 1 N–H and O–H groups in total. The average Bonchev–Trinajstić information content (AvgIpc) is 3.10. The van der Waals surface area contributed by atoms with E-state index >= 15 is 0 Å². The number of ether oxygens (including phenoxy) is 2. The zero-order chi connectivity index (χ0) is 19.2. The van der Waals surface area contributed by atoms with Gasteiger partial charge in [0.25, 0.3) is 11.5 Å². The Hall–Kier alpha value is -2.83. The van der Waals surface area contributed by atoms with Gasteiger partial charge >= 0.3 is 0 Å². The number of hydrogen-bond donors (Lipinski definition) is 1. The Morgan fingerprint density at radius 2 is 1.93 bits per heavy atom. The van der Waals surface area contributed by atoms with Crippen molar-refractivity contribution in [3.05, 3.63) is 51.4 Å². The van der Waals surface area contributed by atoms with Crippen molar-refractivity contribution in [1.82, 2.24) is 15.1 Å². The van der Waals surface area contributed by atoms with Gasteiger partial charge in [-0.1, -0.05) is 0 Å². The molecule has 0 saturated carbocycles. The lowest BCUT2D eigenvalue weighted by Gasteiger charge is -2.13. The molecule has 1 heterocycles. The molecule has 7 heteroatoms. The van der Waals surface area contributed by atoms with Crippen LogP contribution in [0.25, 0.3) is 0 Å². The molecule has 144 valence electrons. The fourth-order valence-electron chi connectivity index (χ4n) is 3.17. The van der Waals surface area contributed by atoms with E-state index in [1.54, 1.807) is 24.3 Å². The molecule has 1 aliphatic carbocycles. The zero-order valence-electron chi connectivity index (χ0n) is 15.8. The fraction of sp³-hybridized carbons (Fsp3) is 0.450. The molecule has 0 saturated heterocycles.